The van der Waals surface area contributed by atoms with E-state index in [4.69, 9.17) is 4.74 Å². The number of benzene rings is 2. The Morgan fingerprint density at radius 2 is 1.81 bits per heavy atom. The fraction of sp³-hybridized carbons (Fsp3) is 0.167. The van der Waals surface area contributed by atoms with Gasteiger partial charge in [0.25, 0.3) is 5.91 Å². The van der Waals surface area contributed by atoms with Gasteiger partial charge >= 0.3 is 0 Å². The van der Waals surface area contributed by atoms with Gasteiger partial charge in [-0.1, -0.05) is 24.3 Å². The van der Waals surface area contributed by atoms with Gasteiger partial charge in [0.05, 0.1) is 22.6 Å². The van der Waals surface area contributed by atoms with E-state index in [0.717, 1.165) is 27.0 Å². The van der Waals surface area contributed by atoms with Crippen LogP contribution in [-0.4, -0.2) is 29.2 Å². The molecule has 140 valence electrons. The van der Waals surface area contributed by atoms with E-state index in [2.05, 4.69) is 15.8 Å². The van der Waals surface area contributed by atoms with Gasteiger partial charge < -0.3 is 4.74 Å². The highest BCUT2D eigenvalue weighted by Crippen LogP contribution is 2.22. The molecule has 1 aromatic heterocycles. The number of thioether (sulfide) groups is 1. The van der Waals surface area contributed by atoms with Crippen LogP contribution >= 0.6 is 23.1 Å². The number of aromatic nitrogens is 1. The summed E-state index contributed by atoms with van der Waals surface area (Å²) in [5, 5.41) is 0.773. The summed E-state index contributed by atoms with van der Waals surface area (Å²) in [6.45, 7) is 0.000506. The van der Waals surface area contributed by atoms with Crippen LogP contribution in [0, 0.1) is 5.82 Å². The Hall–Kier alpha value is -2.49. The number of halogens is 1. The summed E-state index contributed by atoms with van der Waals surface area (Å²) >= 11 is 2.55. The van der Waals surface area contributed by atoms with Crippen molar-refractivity contribution in [2.24, 2.45) is 0 Å². The van der Waals surface area contributed by atoms with E-state index in [0.29, 0.717) is 4.90 Å². The lowest BCUT2D eigenvalue weighted by Gasteiger charge is -2.07. The van der Waals surface area contributed by atoms with Crippen molar-refractivity contribution in [1.29, 1.82) is 0 Å². The SMILES string of the molecule is O=C(COCc1nc2ccccc2s1)NNC(=O)CSc1ccccc1F. The van der Waals surface area contributed by atoms with E-state index in [-0.39, 0.29) is 24.8 Å². The zero-order valence-corrected chi connectivity index (χ0v) is 15.7. The number of hydrogen-bond acceptors (Lipinski definition) is 6. The second kappa shape index (κ2) is 9.45. The molecule has 0 unspecified atom stereocenters. The zero-order valence-electron chi connectivity index (χ0n) is 14.1. The van der Waals surface area contributed by atoms with Crippen molar-refractivity contribution in [3.8, 4) is 0 Å². The van der Waals surface area contributed by atoms with Gasteiger partial charge in [0.2, 0.25) is 5.91 Å². The van der Waals surface area contributed by atoms with Crippen LogP contribution < -0.4 is 10.9 Å². The summed E-state index contributed by atoms with van der Waals surface area (Å²) in [5.41, 5.74) is 5.42. The molecule has 9 heteroatoms. The minimum Gasteiger partial charge on any atom is -0.364 e. The highest BCUT2D eigenvalue weighted by Gasteiger charge is 2.09. The number of thiazole rings is 1. The van der Waals surface area contributed by atoms with Crippen molar-refractivity contribution in [2.75, 3.05) is 12.4 Å². The monoisotopic (exact) mass is 405 g/mol. The smallest absolute Gasteiger partial charge is 0.264 e. The van der Waals surface area contributed by atoms with Crippen LogP contribution in [0.2, 0.25) is 0 Å². The van der Waals surface area contributed by atoms with E-state index in [1.54, 1.807) is 18.2 Å². The minimum absolute atomic E-state index is 0.0201. The number of rotatable bonds is 7. The Morgan fingerprint density at radius 1 is 1.07 bits per heavy atom. The molecule has 3 aromatic rings. The number of ether oxygens (including phenoxy) is 1. The number of nitrogens with one attached hydrogen (secondary N) is 2. The lowest BCUT2D eigenvalue weighted by atomic mass is 10.3. The molecule has 0 atom stereocenters. The van der Waals surface area contributed by atoms with Crippen LogP contribution in [0.15, 0.2) is 53.4 Å². The third kappa shape index (κ3) is 5.75. The molecular formula is C18H16FN3O3S2. The number of carbonyl (C=O) groups is 2. The summed E-state index contributed by atoms with van der Waals surface area (Å²) < 4.78 is 19.8. The largest absolute Gasteiger partial charge is 0.364 e. The van der Waals surface area contributed by atoms with Crippen LogP contribution in [0.5, 0.6) is 0 Å². The Bertz CT molecular complexity index is 915. The van der Waals surface area contributed by atoms with Gasteiger partial charge in [-0.25, -0.2) is 9.37 Å². The molecule has 6 nitrogen and oxygen atoms in total. The molecule has 0 aliphatic heterocycles. The minimum atomic E-state index is -0.486. The molecule has 2 N–H and O–H groups in total. The summed E-state index contributed by atoms with van der Waals surface area (Å²) in [5.74, 6) is -1.33. The molecule has 27 heavy (non-hydrogen) atoms. The van der Waals surface area contributed by atoms with Gasteiger partial charge in [-0.15, -0.1) is 23.1 Å². The van der Waals surface area contributed by atoms with E-state index in [1.165, 1.54) is 17.4 Å². The average Bonchev–Trinajstić information content (AvgIpc) is 3.08. The molecule has 0 saturated heterocycles. The first-order chi connectivity index (χ1) is 13.1. The number of amides is 2. The first kappa shape index (κ1) is 19.3. The van der Waals surface area contributed by atoms with Gasteiger partial charge in [-0.2, -0.15) is 0 Å². The number of fused-ring (bicyclic) bond motifs is 1. The second-order valence-electron chi connectivity index (χ2n) is 5.38. The Morgan fingerprint density at radius 3 is 2.63 bits per heavy atom. The molecule has 0 saturated carbocycles. The molecule has 0 aliphatic rings. The van der Waals surface area contributed by atoms with Gasteiger partial charge in [-0.05, 0) is 24.3 Å². The molecule has 2 amide bonds. The number of nitrogens with zero attached hydrogens (tertiary/aromatic N) is 1. The average molecular weight is 405 g/mol. The Kier molecular flexibility index (Phi) is 6.74. The maximum Gasteiger partial charge on any atom is 0.264 e. The van der Waals surface area contributed by atoms with E-state index < -0.39 is 11.8 Å². The molecule has 0 fully saturated rings. The quantitative estimate of drug-likeness (QED) is 0.467. The highest BCUT2D eigenvalue weighted by atomic mass is 32.2. The second-order valence-corrected chi connectivity index (χ2v) is 7.52. The zero-order chi connectivity index (χ0) is 19.1. The first-order valence-electron chi connectivity index (χ1n) is 7.99. The van der Waals surface area contributed by atoms with Crippen LogP contribution in [0.4, 0.5) is 4.39 Å². The number of hydrogen-bond donors (Lipinski definition) is 2. The number of carbonyl (C=O) groups excluding carboxylic acids is 2. The van der Waals surface area contributed by atoms with Crippen molar-refractivity contribution in [3.05, 3.63) is 59.4 Å². The van der Waals surface area contributed by atoms with E-state index in [9.17, 15) is 14.0 Å². The summed E-state index contributed by atoms with van der Waals surface area (Å²) in [4.78, 5) is 28.2. The maximum absolute atomic E-state index is 13.5. The fourth-order valence-corrected chi connectivity index (χ4v) is 3.77. The van der Waals surface area contributed by atoms with Gasteiger partial charge in [0, 0.05) is 4.90 Å². The van der Waals surface area contributed by atoms with Crippen molar-refractivity contribution < 1.29 is 18.7 Å². The van der Waals surface area contributed by atoms with Crippen molar-refractivity contribution >= 4 is 45.1 Å². The van der Waals surface area contributed by atoms with Gasteiger partial charge in [-0.3, -0.25) is 20.4 Å². The standard InChI is InChI=1S/C18H16FN3O3S2/c19-12-5-1-3-7-14(12)26-11-17(24)22-21-16(23)9-25-10-18-20-13-6-2-4-8-15(13)27-18/h1-8H,9-11H2,(H,21,23)(H,22,24). The summed E-state index contributed by atoms with van der Waals surface area (Å²) in [6.07, 6.45) is 0. The highest BCUT2D eigenvalue weighted by molar-refractivity contribution is 8.00. The van der Waals surface area contributed by atoms with E-state index >= 15 is 0 Å². The molecule has 0 radical (unpaired) electrons. The molecule has 1 heterocycles. The van der Waals surface area contributed by atoms with Crippen LogP contribution in [0.3, 0.4) is 0 Å². The van der Waals surface area contributed by atoms with Crippen molar-refractivity contribution in [2.45, 2.75) is 11.5 Å². The van der Waals surface area contributed by atoms with E-state index in [1.807, 2.05) is 24.3 Å². The Balaban J connectivity index is 1.34. The normalized spacial score (nSPS) is 10.7. The summed E-state index contributed by atoms with van der Waals surface area (Å²) in [6, 6.07) is 13.9. The fourth-order valence-electron chi connectivity index (χ4n) is 2.13. The van der Waals surface area contributed by atoms with Crippen LogP contribution in [0.1, 0.15) is 5.01 Å². The topological polar surface area (TPSA) is 80.3 Å². The van der Waals surface area contributed by atoms with Crippen molar-refractivity contribution in [3.63, 3.8) is 0 Å². The molecule has 0 bridgehead atoms. The maximum atomic E-state index is 13.5. The Labute approximate surface area is 163 Å². The van der Waals surface area contributed by atoms with Crippen LogP contribution in [-0.2, 0) is 20.9 Å². The van der Waals surface area contributed by atoms with Crippen molar-refractivity contribution in [1.82, 2.24) is 15.8 Å². The van der Waals surface area contributed by atoms with Crippen LogP contribution in [0.25, 0.3) is 10.2 Å². The predicted molar refractivity (Wildman–Crippen MR) is 103 cm³/mol. The molecular weight excluding hydrogens is 389 g/mol. The van der Waals surface area contributed by atoms with Gasteiger partial charge in [0.1, 0.15) is 17.4 Å². The number of para-hydroxylation sites is 1. The lowest BCUT2D eigenvalue weighted by molar-refractivity contribution is -0.131. The third-order valence-electron chi connectivity index (χ3n) is 3.33. The summed E-state index contributed by atoms with van der Waals surface area (Å²) in [7, 11) is 0. The molecule has 0 aliphatic carbocycles. The third-order valence-corrected chi connectivity index (χ3v) is 5.39. The molecule has 0 spiro atoms. The number of hydrazine groups is 1. The first-order valence-corrected chi connectivity index (χ1v) is 9.79. The molecule has 3 rings (SSSR count). The lowest BCUT2D eigenvalue weighted by Crippen LogP contribution is -2.44. The molecule has 2 aromatic carbocycles. The predicted octanol–water partition coefficient (Wildman–Crippen LogP) is 2.89. The van der Waals surface area contributed by atoms with Gasteiger partial charge in [0.15, 0.2) is 0 Å².